The smallest absolute Gasteiger partial charge is 0.493 e. The maximum absolute atomic E-state index is 5.45. The SMILES string of the molecule is COc1ccc(CCCCCCCCCCP(Br)(c2ccccc2)(c2ccccc2)c2ccccc2)cc1OC. The first-order chi connectivity index (χ1) is 19.6. The molecule has 212 valence electrons. The molecular weight excluding hydrogens is 575 g/mol. The van der Waals surface area contributed by atoms with E-state index in [9.17, 15) is 0 Å². The van der Waals surface area contributed by atoms with Gasteiger partial charge < -0.3 is 9.47 Å². The summed E-state index contributed by atoms with van der Waals surface area (Å²) in [5.41, 5.74) is 1.32. The van der Waals surface area contributed by atoms with Crippen molar-refractivity contribution >= 4 is 36.7 Å². The fraction of sp³-hybridized carbons (Fsp3) is 0.333. The number of hydrogen-bond donors (Lipinski definition) is 0. The quantitative estimate of drug-likeness (QED) is 0.0920. The van der Waals surface area contributed by atoms with Gasteiger partial charge in [0, 0.05) is 0 Å². The van der Waals surface area contributed by atoms with E-state index < -0.39 is 5.31 Å². The maximum atomic E-state index is 5.45. The molecule has 4 aromatic rings. The molecule has 0 aromatic heterocycles. The monoisotopic (exact) mass is 618 g/mol. The molecule has 4 aromatic carbocycles. The summed E-state index contributed by atoms with van der Waals surface area (Å²) in [6.07, 6.45) is 12.4. The summed E-state index contributed by atoms with van der Waals surface area (Å²) >= 11 is 4.58. The van der Waals surface area contributed by atoms with Crippen LogP contribution in [-0.4, -0.2) is 20.4 Å². The molecule has 2 nitrogen and oxygen atoms in total. The molecule has 40 heavy (non-hydrogen) atoms. The molecule has 0 bridgehead atoms. The second-order valence-electron chi connectivity index (χ2n) is 10.7. The molecule has 0 saturated carbocycles. The van der Waals surface area contributed by atoms with E-state index in [-0.39, 0.29) is 0 Å². The molecule has 0 saturated heterocycles. The number of halogens is 1. The molecule has 0 amide bonds. The van der Waals surface area contributed by atoms with Crippen LogP contribution in [0.25, 0.3) is 0 Å². The Morgan fingerprint density at radius 2 is 0.925 bits per heavy atom. The Hall–Kier alpha value is -2.61. The number of rotatable bonds is 16. The molecule has 0 aliphatic carbocycles. The third-order valence-electron chi connectivity index (χ3n) is 8.13. The average Bonchev–Trinajstić information content (AvgIpc) is 3.03. The summed E-state index contributed by atoms with van der Waals surface area (Å²) in [5.74, 6) is 1.62. The van der Waals surface area contributed by atoms with Gasteiger partial charge in [-0.25, -0.2) is 0 Å². The molecule has 4 rings (SSSR count). The van der Waals surface area contributed by atoms with Gasteiger partial charge in [-0.3, -0.25) is 0 Å². The minimum Gasteiger partial charge on any atom is -0.493 e. The normalized spacial score (nSPS) is 12.4. The summed E-state index contributed by atoms with van der Waals surface area (Å²) in [6.45, 7) is 0. The van der Waals surface area contributed by atoms with Crippen LogP contribution in [0.15, 0.2) is 109 Å². The van der Waals surface area contributed by atoms with Crippen LogP contribution in [0.5, 0.6) is 11.5 Å². The van der Waals surface area contributed by atoms with E-state index in [1.807, 2.05) is 6.07 Å². The van der Waals surface area contributed by atoms with Gasteiger partial charge in [0.25, 0.3) is 0 Å². The van der Waals surface area contributed by atoms with E-state index in [1.54, 1.807) is 14.2 Å². The minimum atomic E-state index is -2.77. The van der Waals surface area contributed by atoms with Crippen LogP contribution < -0.4 is 25.4 Å². The van der Waals surface area contributed by atoms with E-state index in [4.69, 9.17) is 9.47 Å². The van der Waals surface area contributed by atoms with E-state index in [0.29, 0.717) is 0 Å². The minimum absolute atomic E-state index is 0.799. The van der Waals surface area contributed by atoms with Crippen molar-refractivity contribution in [2.75, 3.05) is 20.4 Å². The van der Waals surface area contributed by atoms with Gasteiger partial charge in [0.2, 0.25) is 0 Å². The van der Waals surface area contributed by atoms with Crippen LogP contribution in [-0.2, 0) is 6.42 Å². The Morgan fingerprint density at radius 1 is 0.500 bits per heavy atom. The third-order valence-corrected chi connectivity index (χ3v) is 18.2. The van der Waals surface area contributed by atoms with Crippen molar-refractivity contribution in [2.45, 2.75) is 57.8 Å². The van der Waals surface area contributed by atoms with Crippen LogP contribution in [0.2, 0.25) is 0 Å². The molecule has 4 heteroatoms. The topological polar surface area (TPSA) is 18.5 Å². The van der Waals surface area contributed by atoms with E-state index in [2.05, 4.69) is 119 Å². The van der Waals surface area contributed by atoms with Crippen LogP contribution in [0.4, 0.5) is 0 Å². The number of ether oxygens (including phenoxy) is 2. The van der Waals surface area contributed by atoms with Crippen molar-refractivity contribution in [1.29, 1.82) is 0 Å². The summed E-state index contributed by atoms with van der Waals surface area (Å²) in [4.78, 5) is 0. The van der Waals surface area contributed by atoms with Crippen molar-refractivity contribution < 1.29 is 9.47 Å². The number of unbranched alkanes of at least 4 members (excludes halogenated alkanes) is 7. The first-order valence-corrected chi connectivity index (χ1v) is 19.1. The molecule has 0 fully saturated rings. The van der Waals surface area contributed by atoms with Crippen LogP contribution in [0.1, 0.15) is 56.9 Å². The Morgan fingerprint density at radius 3 is 1.38 bits per heavy atom. The summed E-state index contributed by atoms with van der Waals surface area (Å²) in [7, 11) is 3.38. The number of methoxy groups -OCH3 is 2. The van der Waals surface area contributed by atoms with Crippen LogP contribution >= 0.6 is 20.8 Å². The molecule has 0 aliphatic heterocycles. The van der Waals surface area contributed by atoms with Gasteiger partial charge in [-0.05, 0) is 6.07 Å². The zero-order valence-corrected chi connectivity index (χ0v) is 26.6. The van der Waals surface area contributed by atoms with Crippen LogP contribution in [0.3, 0.4) is 0 Å². The zero-order chi connectivity index (χ0) is 28.1. The molecule has 0 unspecified atom stereocenters. The first kappa shape index (κ1) is 30.4. The second kappa shape index (κ2) is 14.9. The van der Waals surface area contributed by atoms with Gasteiger partial charge in [-0.1, -0.05) is 0 Å². The predicted octanol–water partition coefficient (Wildman–Crippen LogP) is 9.21. The van der Waals surface area contributed by atoms with Gasteiger partial charge in [0.15, 0.2) is 11.5 Å². The van der Waals surface area contributed by atoms with E-state index in [0.717, 1.165) is 24.1 Å². The van der Waals surface area contributed by atoms with E-state index in [1.165, 1.54) is 72.8 Å². The first-order valence-electron chi connectivity index (χ1n) is 14.7. The number of benzene rings is 4. The molecule has 0 aliphatic rings. The Bertz CT molecular complexity index is 1200. The van der Waals surface area contributed by atoms with Crippen molar-refractivity contribution in [3.05, 3.63) is 115 Å². The summed E-state index contributed by atoms with van der Waals surface area (Å²) < 4.78 is 10.8. The molecule has 0 heterocycles. The molecule has 0 spiro atoms. The third kappa shape index (κ3) is 6.99. The van der Waals surface area contributed by atoms with Crippen molar-refractivity contribution in [3.63, 3.8) is 0 Å². The van der Waals surface area contributed by atoms with Gasteiger partial charge in [0.1, 0.15) is 0 Å². The number of aryl methyl sites for hydroxylation is 1. The Labute approximate surface area is 249 Å². The zero-order valence-electron chi connectivity index (χ0n) is 24.1. The molecule has 0 radical (unpaired) electrons. The molecule has 0 atom stereocenters. The van der Waals surface area contributed by atoms with Gasteiger partial charge >= 0.3 is 209 Å². The van der Waals surface area contributed by atoms with Gasteiger partial charge in [-0.2, -0.15) is 0 Å². The van der Waals surface area contributed by atoms with Crippen molar-refractivity contribution in [3.8, 4) is 11.5 Å². The predicted molar refractivity (Wildman–Crippen MR) is 179 cm³/mol. The summed E-state index contributed by atoms with van der Waals surface area (Å²) in [6, 6.07) is 39.8. The molecular formula is C36H44BrO2P. The van der Waals surface area contributed by atoms with Crippen molar-refractivity contribution in [1.82, 2.24) is 0 Å². The van der Waals surface area contributed by atoms with Crippen LogP contribution in [0, 0.1) is 0 Å². The Kier molecular flexibility index (Phi) is 11.3. The van der Waals surface area contributed by atoms with E-state index >= 15 is 0 Å². The summed E-state index contributed by atoms with van der Waals surface area (Å²) in [5, 5.41) is 1.48. The fourth-order valence-electron chi connectivity index (χ4n) is 5.89. The molecule has 0 N–H and O–H groups in total. The fourth-order valence-corrected chi connectivity index (χ4v) is 13.6. The van der Waals surface area contributed by atoms with Gasteiger partial charge in [0.05, 0.1) is 14.2 Å². The second-order valence-corrected chi connectivity index (χ2v) is 19.7. The average molecular weight is 620 g/mol. The number of hydrogen-bond acceptors (Lipinski definition) is 2. The standard InChI is InChI=1S/C36H44BrO2P/c1-38-35-28-27-31(30-36(35)39-2)20-12-7-5-3-4-6-8-19-29-40(37,32-21-13-9-14-22-32,33-23-15-10-16-24-33)34-25-17-11-18-26-34/h9-11,13-18,21-28,30H,3-8,12,19-20,29H2,1-2H3. The van der Waals surface area contributed by atoms with Crippen molar-refractivity contribution in [2.24, 2.45) is 0 Å². The Balaban J connectivity index is 1.30. The van der Waals surface area contributed by atoms with Gasteiger partial charge in [-0.15, -0.1) is 0 Å².